The third kappa shape index (κ3) is 3.33. The lowest BCUT2D eigenvalue weighted by atomic mass is 9.77. The fourth-order valence-electron chi connectivity index (χ4n) is 4.00. The maximum absolute atomic E-state index is 10.9. The molecular weight excluding hydrogens is 340 g/mol. The third-order valence-corrected chi connectivity index (χ3v) is 5.28. The van der Waals surface area contributed by atoms with Crippen LogP contribution >= 0.6 is 0 Å². The van der Waals surface area contributed by atoms with Gasteiger partial charge >= 0.3 is 0 Å². The van der Waals surface area contributed by atoms with Crippen LogP contribution in [0.2, 0.25) is 0 Å². The third-order valence-electron chi connectivity index (χ3n) is 5.28. The highest BCUT2D eigenvalue weighted by Gasteiger charge is 2.38. The molecule has 0 radical (unpaired) electrons. The second-order valence-corrected chi connectivity index (χ2v) is 7.32. The Morgan fingerprint density at radius 1 is 1.30 bits per heavy atom. The minimum Gasteiger partial charge on any atom is -0.489 e. The first-order valence-electron chi connectivity index (χ1n) is 9.11. The first-order chi connectivity index (χ1) is 13.0. The molecule has 1 N–H and O–H groups in total. The van der Waals surface area contributed by atoms with Crippen molar-refractivity contribution in [2.45, 2.75) is 25.3 Å². The van der Waals surface area contributed by atoms with Gasteiger partial charge < -0.3 is 10.1 Å². The van der Waals surface area contributed by atoms with Gasteiger partial charge in [-0.25, -0.2) is 0 Å². The van der Waals surface area contributed by atoms with E-state index in [1.807, 2.05) is 25.1 Å². The average molecular weight is 362 g/mol. The number of nitrogens with zero attached hydrogens (tertiary/aromatic N) is 1. The Kier molecular flexibility index (Phi) is 4.44. The first-order valence-corrected chi connectivity index (χ1v) is 9.11. The van der Waals surface area contributed by atoms with Crippen LogP contribution in [0.3, 0.4) is 0 Å². The van der Waals surface area contributed by atoms with E-state index in [9.17, 15) is 10.1 Å². The van der Waals surface area contributed by atoms with Crippen LogP contribution in [0.15, 0.2) is 66.8 Å². The highest BCUT2D eigenvalue weighted by molar-refractivity contribution is 5.62. The van der Waals surface area contributed by atoms with Gasteiger partial charge in [0.15, 0.2) is 0 Å². The largest absolute Gasteiger partial charge is 0.489 e. The summed E-state index contributed by atoms with van der Waals surface area (Å²) in [5.74, 6) is 1.55. The van der Waals surface area contributed by atoms with Crippen molar-refractivity contribution in [2.24, 2.45) is 5.92 Å². The van der Waals surface area contributed by atoms with Crippen LogP contribution in [0.4, 0.5) is 11.4 Å². The molecule has 1 heterocycles. The van der Waals surface area contributed by atoms with Crippen molar-refractivity contribution in [3.63, 3.8) is 0 Å². The second kappa shape index (κ2) is 6.91. The Balaban J connectivity index is 1.64. The van der Waals surface area contributed by atoms with Crippen LogP contribution in [0.25, 0.3) is 0 Å². The lowest BCUT2D eigenvalue weighted by Crippen LogP contribution is -2.29. The van der Waals surface area contributed by atoms with Crippen LogP contribution < -0.4 is 10.1 Å². The number of nitro groups is 1. The lowest BCUT2D eigenvalue weighted by Gasteiger charge is -2.37. The maximum Gasteiger partial charge on any atom is 0.269 e. The summed E-state index contributed by atoms with van der Waals surface area (Å²) in [6.07, 6.45) is 5.48. The second-order valence-electron chi connectivity index (χ2n) is 7.32. The van der Waals surface area contributed by atoms with Gasteiger partial charge in [0.25, 0.3) is 5.69 Å². The SMILES string of the molecule is C=C(C)COc1ccc2c(c1)C1C=CCC1C(c1ccc([N+](=O)[O-])cc1)N2. The molecule has 27 heavy (non-hydrogen) atoms. The summed E-state index contributed by atoms with van der Waals surface area (Å²) in [4.78, 5) is 10.6. The van der Waals surface area contributed by atoms with Crippen LogP contribution in [0, 0.1) is 16.0 Å². The smallest absolute Gasteiger partial charge is 0.269 e. The predicted octanol–water partition coefficient (Wildman–Crippen LogP) is 5.38. The number of hydrogen-bond acceptors (Lipinski definition) is 4. The summed E-state index contributed by atoms with van der Waals surface area (Å²) in [7, 11) is 0. The van der Waals surface area contributed by atoms with Crippen LogP contribution in [0.5, 0.6) is 5.75 Å². The molecule has 2 aromatic carbocycles. The molecule has 0 aromatic heterocycles. The number of nitro benzene ring substituents is 1. The highest BCUT2D eigenvalue weighted by Crippen LogP contribution is 2.50. The molecular formula is C22H22N2O3. The molecule has 1 aliphatic heterocycles. The predicted molar refractivity (Wildman–Crippen MR) is 106 cm³/mol. The van der Waals surface area contributed by atoms with Crippen molar-refractivity contribution in [2.75, 3.05) is 11.9 Å². The zero-order valence-corrected chi connectivity index (χ0v) is 15.2. The van der Waals surface area contributed by atoms with Crippen LogP contribution in [-0.4, -0.2) is 11.5 Å². The van der Waals surface area contributed by atoms with Crippen LogP contribution in [-0.2, 0) is 0 Å². The van der Waals surface area contributed by atoms with Crippen molar-refractivity contribution in [3.05, 3.63) is 88.0 Å². The van der Waals surface area contributed by atoms with E-state index in [0.717, 1.165) is 29.0 Å². The summed E-state index contributed by atoms with van der Waals surface area (Å²) >= 11 is 0. The molecule has 5 heteroatoms. The van der Waals surface area contributed by atoms with Gasteiger partial charge in [-0.3, -0.25) is 10.1 Å². The number of ether oxygens (including phenoxy) is 1. The Morgan fingerprint density at radius 2 is 2.07 bits per heavy atom. The van der Waals surface area contributed by atoms with Gasteiger partial charge in [0.05, 0.1) is 11.0 Å². The topological polar surface area (TPSA) is 64.4 Å². The van der Waals surface area contributed by atoms with E-state index in [1.165, 1.54) is 5.56 Å². The molecule has 2 aromatic rings. The first kappa shape index (κ1) is 17.3. The zero-order valence-electron chi connectivity index (χ0n) is 15.2. The quantitative estimate of drug-likeness (QED) is 0.441. The molecule has 3 atom stereocenters. The Hall–Kier alpha value is -3.08. The highest BCUT2D eigenvalue weighted by atomic mass is 16.6. The average Bonchev–Trinajstić information content (AvgIpc) is 3.16. The Morgan fingerprint density at radius 3 is 2.78 bits per heavy atom. The zero-order chi connectivity index (χ0) is 19.0. The summed E-state index contributed by atoms with van der Waals surface area (Å²) < 4.78 is 5.81. The summed E-state index contributed by atoms with van der Waals surface area (Å²) in [6.45, 7) is 6.35. The van der Waals surface area contributed by atoms with Gasteiger partial charge in [0.2, 0.25) is 0 Å². The number of non-ortho nitro benzene ring substituents is 1. The van der Waals surface area contributed by atoms with E-state index in [0.29, 0.717) is 18.4 Å². The molecule has 0 amide bonds. The normalized spacial score (nSPS) is 22.5. The van der Waals surface area contributed by atoms with Gasteiger partial charge in [-0.05, 0) is 54.2 Å². The summed E-state index contributed by atoms with van der Waals surface area (Å²) in [5, 5.41) is 14.6. The van der Waals surface area contributed by atoms with E-state index < -0.39 is 0 Å². The number of benzene rings is 2. The molecule has 0 bridgehead atoms. The van der Waals surface area contributed by atoms with E-state index in [2.05, 4.69) is 36.2 Å². The maximum atomic E-state index is 10.9. The molecule has 3 unspecified atom stereocenters. The number of fused-ring (bicyclic) bond motifs is 3. The fraction of sp³-hybridized carbons (Fsp3) is 0.273. The van der Waals surface area contributed by atoms with E-state index in [1.54, 1.807) is 12.1 Å². The molecule has 0 fully saturated rings. The molecule has 5 nitrogen and oxygen atoms in total. The van der Waals surface area contributed by atoms with E-state index in [4.69, 9.17) is 4.74 Å². The number of nitrogens with one attached hydrogen (secondary N) is 1. The van der Waals surface area contributed by atoms with Gasteiger partial charge in [-0.15, -0.1) is 0 Å². The van der Waals surface area contributed by atoms with Crippen molar-refractivity contribution in [3.8, 4) is 5.75 Å². The van der Waals surface area contributed by atoms with Crippen molar-refractivity contribution in [1.82, 2.24) is 0 Å². The molecule has 1 aliphatic carbocycles. The summed E-state index contributed by atoms with van der Waals surface area (Å²) in [5.41, 5.74) is 4.52. The van der Waals surface area contributed by atoms with Gasteiger partial charge in [-0.1, -0.05) is 30.9 Å². The van der Waals surface area contributed by atoms with Crippen molar-refractivity contribution >= 4 is 11.4 Å². The summed E-state index contributed by atoms with van der Waals surface area (Å²) in [6, 6.07) is 13.2. The molecule has 0 saturated heterocycles. The van der Waals surface area contributed by atoms with Crippen molar-refractivity contribution < 1.29 is 9.66 Å². The van der Waals surface area contributed by atoms with Gasteiger partial charge in [0.1, 0.15) is 12.4 Å². The number of hydrogen-bond donors (Lipinski definition) is 1. The Bertz CT molecular complexity index is 918. The molecule has 2 aliphatic rings. The number of allylic oxidation sites excluding steroid dienone is 2. The monoisotopic (exact) mass is 362 g/mol. The Labute approximate surface area is 158 Å². The molecule has 0 saturated carbocycles. The number of anilines is 1. The minimum absolute atomic E-state index is 0.121. The fourth-order valence-corrected chi connectivity index (χ4v) is 4.00. The molecule has 4 rings (SSSR count). The van der Waals surface area contributed by atoms with Crippen molar-refractivity contribution in [1.29, 1.82) is 0 Å². The van der Waals surface area contributed by atoms with E-state index >= 15 is 0 Å². The minimum atomic E-state index is -0.361. The standard InChI is InChI=1S/C22H22N2O3/c1-14(2)13-27-17-10-11-21-20(12-17)18-4-3-5-19(18)22(23-21)15-6-8-16(9-7-15)24(25)26/h3-4,6-12,18-19,22-23H,1,5,13H2,2H3. The van der Waals surface area contributed by atoms with Gasteiger partial charge in [0, 0.05) is 23.7 Å². The van der Waals surface area contributed by atoms with Gasteiger partial charge in [-0.2, -0.15) is 0 Å². The van der Waals surface area contributed by atoms with E-state index in [-0.39, 0.29) is 16.7 Å². The molecule has 0 spiro atoms. The lowest BCUT2D eigenvalue weighted by molar-refractivity contribution is -0.384. The number of rotatable bonds is 5. The molecule has 138 valence electrons. The van der Waals surface area contributed by atoms with Crippen LogP contribution in [0.1, 0.15) is 36.4 Å².